The van der Waals surface area contributed by atoms with Gasteiger partial charge in [0.25, 0.3) is 0 Å². The van der Waals surface area contributed by atoms with Crippen LogP contribution in [0.2, 0.25) is 10.0 Å². The van der Waals surface area contributed by atoms with Crippen LogP contribution < -0.4 is 16.0 Å². The SMILES string of the molecule is CC(=O)Nc1cc(NC2CCCN(C(=O)CNc3cc(Cl)cc(Cl)c3)C2)ncn1. The number of carbonyl (C=O) groups excluding carboxylic acids is 2. The first-order valence-corrected chi connectivity index (χ1v) is 9.98. The summed E-state index contributed by atoms with van der Waals surface area (Å²) in [4.78, 5) is 33.8. The summed E-state index contributed by atoms with van der Waals surface area (Å²) in [5.74, 6) is 0.838. The maximum absolute atomic E-state index is 12.6. The van der Waals surface area contributed by atoms with Gasteiger partial charge in [-0.2, -0.15) is 0 Å². The van der Waals surface area contributed by atoms with Crippen molar-refractivity contribution in [3.8, 4) is 0 Å². The van der Waals surface area contributed by atoms with E-state index in [1.807, 2.05) is 4.90 Å². The van der Waals surface area contributed by atoms with Crippen molar-refractivity contribution in [2.45, 2.75) is 25.8 Å². The molecule has 2 aromatic rings. The highest BCUT2D eigenvalue weighted by Gasteiger charge is 2.23. The summed E-state index contributed by atoms with van der Waals surface area (Å²) in [5.41, 5.74) is 0.703. The van der Waals surface area contributed by atoms with Crippen LogP contribution in [0.4, 0.5) is 17.3 Å². The van der Waals surface area contributed by atoms with Crippen LogP contribution >= 0.6 is 23.2 Å². The molecule has 1 fully saturated rings. The Bertz CT molecular complexity index is 875. The normalized spacial score (nSPS) is 16.2. The Labute approximate surface area is 179 Å². The molecule has 154 valence electrons. The molecule has 1 aliphatic rings. The fraction of sp³-hybridized carbons (Fsp3) is 0.368. The van der Waals surface area contributed by atoms with E-state index in [2.05, 4.69) is 25.9 Å². The second kappa shape index (κ2) is 9.76. The number of nitrogens with zero attached hydrogens (tertiary/aromatic N) is 3. The smallest absolute Gasteiger partial charge is 0.241 e. The minimum Gasteiger partial charge on any atom is -0.376 e. The van der Waals surface area contributed by atoms with Gasteiger partial charge in [0.05, 0.1) is 6.54 Å². The summed E-state index contributed by atoms with van der Waals surface area (Å²) in [6.07, 6.45) is 3.19. The molecule has 1 saturated heterocycles. The monoisotopic (exact) mass is 436 g/mol. The number of amides is 2. The van der Waals surface area contributed by atoms with E-state index >= 15 is 0 Å². The molecular weight excluding hydrogens is 415 g/mol. The highest BCUT2D eigenvalue weighted by Crippen LogP contribution is 2.22. The van der Waals surface area contributed by atoms with Crippen molar-refractivity contribution in [3.63, 3.8) is 0 Å². The number of hydrogen-bond donors (Lipinski definition) is 3. The highest BCUT2D eigenvalue weighted by molar-refractivity contribution is 6.35. The van der Waals surface area contributed by atoms with Gasteiger partial charge in [0.2, 0.25) is 11.8 Å². The highest BCUT2D eigenvalue weighted by atomic mass is 35.5. The molecule has 0 saturated carbocycles. The van der Waals surface area contributed by atoms with E-state index in [0.717, 1.165) is 12.8 Å². The summed E-state index contributed by atoms with van der Waals surface area (Å²) in [6, 6.07) is 6.83. The van der Waals surface area contributed by atoms with E-state index in [-0.39, 0.29) is 24.4 Å². The van der Waals surface area contributed by atoms with Crippen molar-refractivity contribution in [3.05, 3.63) is 40.6 Å². The Hall–Kier alpha value is -2.58. The van der Waals surface area contributed by atoms with Gasteiger partial charge >= 0.3 is 0 Å². The Morgan fingerprint density at radius 1 is 1.14 bits per heavy atom. The molecule has 2 amide bonds. The van der Waals surface area contributed by atoms with Gasteiger partial charge in [0.15, 0.2) is 0 Å². The number of nitrogens with one attached hydrogen (secondary N) is 3. The number of benzene rings is 1. The fourth-order valence-electron chi connectivity index (χ4n) is 3.16. The number of carbonyl (C=O) groups is 2. The number of rotatable bonds is 6. The van der Waals surface area contributed by atoms with Crippen molar-refractivity contribution in [1.82, 2.24) is 14.9 Å². The largest absolute Gasteiger partial charge is 0.376 e. The first-order chi connectivity index (χ1) is 13.9. The topological polar surface area (TPSA) is 99.2 Å². The molecular formula is C19H22Cl2N6O2. The van der Waals surface area contributed by atoms with Crippen LogP contribution in [0.1, 0.15) is 19.8 Å². The summed E-state index contributed by atoms with van der Waals surface area (Å²) in [5, 5.41) is 10.0. The molecule has 29 heavy (non-hydrogen) atoms. The van der Waals surface area contributed by atoms with Crippen LogP contribution in [0.15, 0.2) is 30.6 Å². The molecule has 0 aliphatic carbocycles. The summed E-state index contributed by atoms with van der Waals surface area (Å²) in [6.45, 7) is 2.85. The van der Waals surface area contributed by atoms with Crippen LogP contribution in [0.3, 0.4) is 0 Å². The molecule has 10 heteroatoms. The number of aromatic nitrogens is 2. The van der Waals surface area contributed by atoms with E-state index in [1.54, 1.807) is 24.3 Å². The van der Waals surface area contributed by atoms with Crippen LogP contribution in [0.5, 0.6) is 0 Å². The Morgan fingerprint density at radius 2 is 1.86 bits per heavy atom. The predicted octanol–water partition coefficient (Wildman–Crippen LogP) is 3.26. The van der Waals surface area contributed by atoms with Gasteiger partial charge < -0.3 is 20.9 Å². The van der Waals surface area contributed by atoms with Crippen molar-refractivity contribution >= 4 is 52.3 Å². The Kier molecular flexibility index (Phi) is 7.11. The maximum atomic E-state index is 12.6. The standard InChI is InChI=1S/C19H22Cl2N6O2/c1-12(28)25-17-8-18(24-11-23-17)26-15-3-2-4-27(10-15)19(29)9-22-16-6-13(20)5-14(21)7-16/h5-8,11,15,22H,2-4,9-10H2,1H3,(H2,23,24,25,26,28). The van der Waals surface area contributed by atoms with Gasteiger partial charge in [-0.3, -0.25) is 9.59 Å². The molecule has 1 atom stereocenters. The molecule has 3 N–H and O–H groups in total. The van der Waals surface area contributed by atoms with Gasteiger partial charge in [0, 0.05) is 47.9 Å². The maximum Gasteiger partial charge on any atom is 0.241 e. The summed E-state index contributed by atoms with van der Waals surface area (Å²) in [7, 11) is 0. The average molecular weight is 437 g/mol. The molecule has 1 aliphatic heterocycles. The zero-order valence-corrected chi connectivity index (χ0v) is 17.4. The summed E-state index contributed by atoms with van der Waals surface area (Å²) >= 11 is 12.0. The van der Waals surface area contributed by atoms with E-state index < -0.39 is 0 Å². The van der Waals surface area contributed by atoms with E-state index in [4.69, 9.17) is 23.2 Å². The number of halogens is 2. The first-order valence-electron chi connectivity index (χ1n) is 9.23. The van der Waals surface area contributed by atoms with Crippen LogP contribution in [0.25, 0.3) is 0 Å². The van der Waals surface area contributed by atoms with Crippen molar-refractivity contribution < 1.29 is 9.59 Å². The van der Waals surface area contributed by atoms with E-state index in [0.29, 0.717) is 40.5 Å². The van der Waals surface area contributed by atoms with Gasteiger partial charge in [-0.1, -0.05) is 23.2 Å². The molecule has 2 heterocycles. The molecule has 0 spiro atoms. The zero-order chi connectivity index (χ0) is 20.8. The third-order valence-corrected chi connectivity index (χ3v) is 4.84. The molecule has 1 unspecified atom stereocenters. The predicted molar refractivity (Wildman–Crippen MR) is 115 cm³/mol. The van der Waals surface area contributed by atoms with E-state index in [1.165, 1.54) is 13.3 Å². The van der Waals surface area contributed by atoms with Gasteiger partial charge in [0.1, 0.15) is 18.0 Å². The zero-order valence-electron chi connectivity index (χ0n) is 15.9. The van der Waals surface area contributed by atoms with Crippen molar-refractivity contribution in [2.75, 3.05) is 35.6 Å². The molecule has 1 aromatic carbocycles. The first kappa shape index (κ1) is 21.1. The lowest BCUT2D eigenvalue weighted by Crippen LogP contribution is -2.47. The van der Waals surface area contributed by atoms with Crippen molar-refractivity contribution in [2.24, 2.45) is 0 Å². The lowest BCUT2D eigenvalue weighted by molar-refractivity contribution is -0.130. The number of hydrogen-bond acceptors (Lipinski definition) is 6. The number of piperidine rings is 1. The molecule has 0 radical (unpaired) electrons. The quantitative estimate of drug-likeness (QED) is 0.642. The Balaban J connectivity index is 1.54. The van der Waals surface area contributed by atoms with E-state index in [9.17, 15) is 9.59 Å². The Morgan fingerprint density at radius 3 is 2.59 bits per heavy atom. The molecule has 3 rings (SSSR count). The minimum absolute atomic E-state index is 0.00535. The lowest BCUT2D eigenvalue weighted by atomic mass is 10.1. The third-order valence-electron chi connectivity index (χ3n) is 4.40. The average Bonchev–Trinajstić information content (AvgIpc) is 2.65. The van der Waals surface area contributed by atoms with Gasteiger partial charge in [-0.15, -0.1) is 0 Å². The molecule has 1 aromatic heterocycles. The van der Waals surface area contributed by atoms with Crippen LogP contribution in [0, 0.1) is 0 Å². The summed E-state index contributed by atoms with van der Waals surface area (Å²) < 4.78 is 0. The number of likely N-dealkylation sites (tertiary alicyclic amines) is 1. The molecule has 0 bridgehead atoms. The van der Waals surface area contributed by atoms with Crippen LogP contribution in [-0.2, 0) is 9.59 Å². The number of anilines is 3. The third kappa shape index (κ3) is 6.47. The lowest BCUT2D eigenvalue weighted by Gasteiger charge is -2.33. The van der Waals surface area contributed by atoms with Crippen molar-refractivity contribution in [1.29, 1.82) is 0 Å². The second-order valence-corrected chi connectivity index (χ2v) is 7.68. The molecule has 8 nitrogen and oxygen atoms in total. The minimum atomic E-state index is -0.197. The van der Waals surface area contributed by atoms with Crippen LogP contribution in [-0.4, -0.2) is 52.4 Å². The van der Waals surface area contributed by atoms with Gasteiger partial charge in [-0.25, -0.2) is 9.97 Å². The second-order valence-electron chi connectivity index (χ2n) is 6.80. The van der Waals surface area contributed by atoms with Gasteiger partial charge in [-0.05, 0) is 31.0 Å². The fourth-order valence-corrected chi connectivity index (χ4v) is 3.69.